The molecule has 1 aromatic carbocycles. The van der Waals surface area contributed by atoms with Crippen molar-refractivity contribution in [1.82, 2.24) is 5.32 Å². The van der Waals surface area contributed by atoms with Gasteiger partial charge < -0.3 is 5.11 Å². The number of hydrogen-bond donors (Lipinski definition) is 2. The summed E-state index contributed by atoms with van der Waals surface area (Å²) in [6.45, 7) is 3.90. The van der Waals surface area contributed by atoms with Gasteiger partial charge in [-0.2, -0.15) is 0 Å². The van der Waals surface area contributed by atoms with Crippen molar-refractivity contribution in [1.29, 1.82) is 0 Å². The molecule has 2 N–H and O–H groups in total. The number of aliphatic carboxylic acids is 1. The maximum absolute atomic E-state index is 13.2. The molecule has 0 saturated carbocycles. The van der Waals surface area contributed by atoms with Gasteiger partial charge in [0.05, 0.1) is 0 Å². The van der Waals surface area contributed by atoms with E-state index in [0.29, 0.717) is 6.42 Å². The summed E-state index contributed by atoms with van der Waals surface area (Å²) < 4.78 is 13.2. The smallest absolute Gasteiger partial charge is 0.320 e. The Bertz CT molecular complexity index is 395. The van der Waals surface area contributed by atoms with Crippen LogP contribution >= 0.6 is 0 Å². The maximum Gasteiger partial charge on any atom is 0.320 e. The van der Waals surface area contributed by atoms with Gasteiger partial charge in [-0.3, -0.25) is 10.1 Å². The molecule has 0 fully saturated rings. The molecular formula is C14H20FNO2. The van der Waals surface area contributed by atoms with Crippen LogP contribution in [0.2, 0.25) is 0 Å². The van der Waals surface area contributed by atoms with Crippen LogP contribution in [0.25, 0.3) is 0 Å². The van der Waals surface area contributed by atoms with Crippen LogP contribution in [-0.4, -0.2) is 17.1 Å². The van der Waals surface area contributed by atoms with E-state index in [-0.39, 0.29) is 11.9 Å². The van der Waals surface area contributed by atoms with Gasteiger partial charge in [0.2, 0.25) is 0 Å². The van der Waals surface area contributed by atoms with Crippen molar-refractivity contribution < 1.29 is 14.3 Å². The molecule has 0 heterocycles. The molecule has 1 rings (SSSR count). The number of halogens is 1. The highest BCUT2D eigenvalue weighted by Crippen LogP contribution is 2.19. The topological polar surface area (TPSA) is 49.3 Å². The summed E-state index contributed by atoms with van der Waals surface area (Å²) >= 11 is 0. The summed E-state index contributed by atoms with van der Waals surface area (Å²) in [6, 6.07) is 5.58. The highest BCUT2D eigenvalue weighted by Gasteiger charge is 2.20. The number of carbonyl (C=O) groups is 1. The molecule has 0 spiro atoms. The van der Waals surface area contributed by atoms with Crippen molar-refractivity contribution in [3.05, 3.63) is 35.6 Å². The predicted octanol–water partition coefficient (Wildman–Crippen LogP) is 3.12. The third-order valence-corrected chi connectivity index (χ3v) is 2.94. The Hall–Kier alpha value is -1.42. The first-order chi connectivity index (χ1) is 8.58. The highest BCUT2D eigenvalue weighted by molar-refractivity contribution is 5.73. The van der Waals surface area contributed by atoms with Gasteiger partial charge in [0.25, 0.3) is 0 Å². The van der Waals surface area contributed by atoms with Gasteiger partial charge in [-0.05, 0) is 30.5 Å². The first-order valence-electron chi connectivity index (χ1n) is 6.32. The molecule has 0 aliphatic rings. The molecule has 0 bridgehead atoms. The molecule has 0 saturated heterocycles. The standard InChI is InChI=1S/C14H20FNO2/c1-3-6-13(14(17)18)16-12(4-2)10-7-5-8-11(15)9-10/h5,7-9,12-13,16H,3-4,6H2,1-2H3,(H,17,18). The molecule has 100 valence electrons. The van der Waals surface area contributed by atoms with E-state index in [2.05, 4.69) is 5.32 Å². The summed E-state index contributed by atoms with van der Waals surface area (Å²) in [5.41, 5.74) is 0.792. The second-order valence-electron chi connectivity index (χ2n) is 4.36. The molecule has 2 atom stereocenters. The molecule has 0 aromatic heterocycles. The van der Waals surface area contributed by atoms with Crippen LogP contribution < -0.4 is 5.32 Å². The Morgan fingerprint density at radius 1 is 1.44 bits per heavy atom. The normalized spacial score (nSPS) is 14.2. The second kappa shape index (κ2) is 7.11. The van der Waals surface area contributed by atoms with Crippen LogP contribution in [0.3, 0.4) is 0 Å². The Morgan fingerprint density at radius 2 is 2.17 bits per heavy atom. The summed E-state index contributed by atoms with van der Waals surface area (Å²) in [5.74, 6) is -1.15. The third kappa shape index (κ3) is 4.11. The summed E-state index contributed by atoms with van der Waals surface area (Å²) in [6.07, 6.45) is 2.08. The van der Waals surface area contributed by atoms with Crippen molar-refractivity contribution in [2.75, 3.05) is 0 Å². The second-order valence-corrected chi connectivity index (χ2v) is 4.36. The van der Waals surface area contributed by atoms with Crippen LogP contribution in [0.15, 0.2) is 24.3 Å². The summed E-state index contributed by atoms with van der Waals surface area (Å²) in [5, 5.41) is 12.2. The van der Waals surface area contributed by atoms with Gasteiger partial charge in [-0.1, -0.05) is 32.4 Å². The molecule has 4 heteroatoms. The Kier molecular flexibility index (Phi) is 5.78. The van der Waals surface area contributed by atoms with Gasteiger partial charge >= 0.3 is 5.97 Å². The van der Waals surface area contributed by atoms with Gasteiger partial charge in [0.1, 0.15) is 11.9 Å². The van der Waals surface area contributed by atoms with Crippen LogP contribution in [0.1, 0.15) is 44.7 Å². The van der Waals surface area contributed by atoms with Crippen molar-refractivity contribution in [3.8, 4) is 0 Å². The van der Waals surface area contributed by atoms with Crippen LogP contribution in [-0.2, 0) is 4.79 Å². The zero-order chi connectivity index (χ0) is 13.5. The fraction of sp³-hybridized carbons (Fsp3) is 0.500. The lowest BCUT2D eigenvalue weighted by Crippen LogP contribution is -2.38. The molecule has 1 aromatic rings. The van der Waals surface area contributed by atoms with Crippen molar-refractivity contribution in [2.45, 2.75) is 45.2 Å². The van der Waals surface area contributed by atoms with Crippen molar-refractivity contribution >= 4 is 5.97 Å². The molecule has 2 unspecified atom stereocenters. The van der Waals surface area contributed by atoms with Crippen LogP contribution in [0.4, 0.5) is 4.39 Å². The lowest BCUT2D eigenvalue weighted by molar-refractivity contribution is -0.139. The minimum absolute atomic E-state index is 0.131. The number of nitrogens with one attached hydrogen (secondary N) is 1. The maximum atomic E-state index is 13.2. The van der Waals surface area contributed by atoms with E-state index < -0.39 is 12.0 Å². The number of rotatable bonds is 7. The number of benzene rings is 1. The Balaban J connectivity index is 2.80. The lowest BCUT2D eigenvalue weighted by atomic mass is 10.0. The lowest BCUT2D eigenvalue weighted by Gasteiger charge is -2.22. The highest BCUT2D eigenvalue weighted by atomic mass is 19.1. The van der Waals surface area contributed by atoms with Gasteiger partial charge in [-0.15, -0.1) is 0 Å². The molecular weight excluding hydrogens is 233 g/mol. The van der Waals surface area contributed by atoms with E-state index in [1.54, 1.807) is 6.07 Å². The summed E-state index contributed by atoms with van der Waals surface area (Å²) in [7, 11) is 0. The van der Waals surface area contributed by atoms with Gasteiger partial charge in [0, 0.05) is 6.04 Å². The average Bonchev–Trinajstić information content (AvgIpc) is 2.34. The van der Waals surface area contributed by atoms with E-state index in [9.17, 15) is 9.18 Å². The van der Waals surface area contributed by atoms with Gasteiger partial charge in [0.15, 0.2) is 0 Å². The molecule has 0 aliphatic heterocycles. The average molecular weight is 253 g/mol. The van der Waals surface area contributed by atoms with Crippen molar-refractivity contribution in [2.24, 2.45) is 0 Å². The molecule has 0 aliphatic carbocycles. The largest absolute Gasteiger partial charge is 0.480 e. The molecule has 18 heavy (non-hydrogen) atoms. The van der Waals surface area contributed by atoms with Gasteiger partial charge in [-0.25, -0.2) is 4.39 Å². The van der Waals surface area contributed by atoms with Crippen LogP contribution in [0.5, 0.6) is 0 Å². The minimum atomic E-state index is -0.855. The number of hydrogen-bond acceptors (Lipinski definition) is 2. The minimum Gasteiger partial charge on any atom is -0.480 e. The molecule has 0 radical (unpaired) electrons. The predicted molar refractivity (Wildman–Crippen MR) is 68.9 cm³/mol. The van der Waals surface area contributed by atoms with E-state index >= 15 is 0 Å². The Morgan fingerprint density at radius 3 is 2.67 bits per heavy atom. The molecule has 3 nitrogen and oxygen atoms in total. The monoisotopic (exact) mass is 253 g/mol. The number of carboxylic acid groups (broad SMARTS) is 1. The third-order valence-electron chi connectivity index (χ3n) is 2.94. The van der Waals surface area contributed by atoms with E-state index in [1.807, 2.05) is 19.9 Å². The first kappa shape index (κ1) is 14.6. The van der Waals surface area contributed by atoms with E-state index in [0.717, 1.165) is 18.4 Å². The SMILES string of the molecule is CCCC(NC(CC)c1cccc(F)c1)C(=O)O. The Labute approximate surface area is 107 Å². The first-order valence-corrected chi connectivity index (χ1v) is 6.32. The molecule has 0 amide bonds. The fourth-order valence-corrected chi connectivity index (χ4v) is 1.98. The number of carboxylic acids is 1. The van der Waals surface area contributed by atoms with E-state index in [4.69, 9.17) is 5.11 Å². The van der Waals surface area contributed by atoms with Crippen molar-refractivity contribution in [3.63, 3.8) is 0 Å². The fourth-order valence-electron chi connectivity index (χ4n) is 1.98. The quantitative estimate of drug-likeness (QED) is 0.785. The summed E-state index contributed by atoms with van der Waals surface area (Å²) in [4.78, 5) is 11.1. The van der Waals surface area contributed by atoms with E-state index in [1.165, 1.54) is 12.1 Å². The zero-order valence-corrected chi connectivity index (χ0v) is 10.8. The zero-order valence-electron chi connectivity index (χ0n) is 10.8. The van der Waals surface area contributed by atoms with Crippen LogP contribution in [0, 0.1) is 5.82 Å².